The van der Waals surface area contributed by atoms with Crippen LogP contribution in [-0.4, -0.2) is 44.8 Å². The molecule has 1 fully saturated rings. The van der Waals surface area contributed by atoms with Crippen molar-refractivity contribution in [2.45, 2.75) is 64.0 Å². The SMILES string of the molecule is CC(Oc1ccc(-c2ccccc2)cc1)C(=O)N1CCCC(c2nnc3n2CCCCC3)C1. The first kappa shape index (κ1) is 21.7. The molecule has 3 aromatic rings. The molecule has 6 nitrogen and oxygen atoms in total. The zero-order valence-electron chi connectivity index (χ0n) is 19.3. The Balaban J connectivity index is 1.22. The summed E-state index contributed by atoms with van der Waals surface area (Å²) in [6.45, 7) is 4.31. The van der Waals surface area contributed by atoms with Crippen LogP contribution in [0.1, 0.15) is 56.6 Å². The monoisotopic (exact) mass is 444 g/mol. The summed E-state index contributed by atoms with van der Waals surface area (Å²) in [5, 5.41) is 9.01. The molecule has 0 aliphatic carbocycles. The van der Waals surface area contributed by atoms with Crippen LogP contribution in [0.4, 0.5) is 0 Å². The van der Waals surface area contributed by atoms with E-state index in [1.165, 1.54) is 24.8 Å². The van der Waals surface area contributed by atoms with Gasteiger partial charge in [-0.15, -0.1) is 10.2 Å². The maximum atomic E-state index is 13.2. The molecule has 1 aromatic heterocycles. The van der Waals surface area contributed by atoms with Crippen molar-refractivity contribution in [1.29, 1.82) is 0 Å². The number of rotatable bonds is 5. The number of ether oxygens (including phenoxy) is 1. The summed E-state index contributed by atoms with van der Waals surface area (Å²) < 4.78 is 8.35. The van der Waals surface area contributed by atoms with Gasteiger partial charge in [0.1, 0.15) is 17.4 Å². The number of hydrogen-bond acceptors (Lipinski definition) is 4. The molecule has 1 saturated heterocycles. The van der Waals surface area contributed by atoms with Gasteiger partial charge in [0.05, 0.1) is 0 Å². The van der Waals surface area contributed by atoms with Crippen LogP contribution in [0.25, 0.3) is 11.1 Å². The fraction of sp³-hybridized carbons (Fsp3) is 0.444. The van der Waals surface area contributed by atoms with E-state index in [0.29, 0.717) is 12.3 Å². The van der Waals surface area contributed by atoms with Crippen molar-refractivity contribution >= 4 is 5.91 Å². The lowest BCUT2D eigenvalue weighted by Gasteiger charge is -2.34. The summed E-state index contributed by atoms with van der Waals surface area (Å²) >= 11 is 0. The molecule has 3 heterocycles. The highest BCUT2D eigenvalue weighted by Gasteiger charge is 2.31. The van der Waals surface area contributed by atoms with Crippen LogP contribution in [0.2, 0.25) is 0 Å². The molecule has 0 N–H and O–H groups in total. The van der Waals surface area contributed by atoms with Crippen LogP contribution >= 0.6 is 0 Å². The highest BCUT2D eigenvalue weighted by molar-refractivity contribution is 5.81. The van der Waals surface area contributed by atoms with E-state index < -0.39 is 6.10 Å². The topological polar surface area (TPSA) is 60.2 Å². The van der Waals surface area contributed by atoms with Crippen LogP contribution in [0.5, 0.6) is 5.75 Å². The standard InChI is InChI=1S/C27H32N4O2/c1-20(33-24-15-13-22(14-16-24)21-9-4-2-5-10-21)27(32)30-17-8-11-23(19-30)26-29-28-25-12-6-3-7-18-31(25)26/h2,4-5,9-10,13-16,20,23H,3,6-8,11-12,17-19H2,1H3. The molecule has 172 valence electrons. The van der Waals surface area contributed by atoms with Gasteiger partial charge < -0.3 is 14.2 Å². The van der Waals surface area contributed by atoms with Crippen molar-refractivity contribution in [2.75, 3.05) is 13.1 Å². The fourth-order valence-corrected chi connectivity index (χ4v) is 5.07. The molecule has 0 saturated carbocycles. The Morgan fingerprint density at radius 2 is 1.73 bits per heavy atom. The molecule has 2 aliphatic rings. The third kappa shape index (κ3) is 4.80. The molecule has 2 aromatic carbocycles. The Hall–Kier alpha value is -3.15. The number of carbonyl (C=O) groups excluding carboxylic acids is 1. The highest BCUT2D eigenvalue weighted by atomic mass is 16.5. The van der Waals surface area contributed by atoms with Gasteiger partial charge in [-0.1, -0.05) is 48.9 Å². The Kier molecular flexibility index (Phi) is 6.42. The average molecular weight is 445 g/mol. The smallest absolute Gasteiger partial charge is 0.263 e. The summed E-state index contributed by atoms with van der Waals surface area (Å²) in [5.41, 5.74) is 2.30. The molecule has 1 amide bonds. The Morgan fingerprint density at radius 3 is 2.55 bits per heavy atom. The number of benzene rings is 2. The largest absolute Gasteiger partial charge is 0.481 e. The minimum Gasteiger partial charge on any atom is -0.481 e. The van der Waals surface area contributed by atoms with Crippen molar-refractivity contribution < 1.29 is 9.53 Å². The van der Waals surface area contributed by atoms with E-state index in [1.54, 1.807) is 0 Å². The van der Waals surface area contributed by atoms with Gasteiger partial charge in [-0.3, -0.25) is 4.79 Å². The normalized spacial score (nSPS) is 19.4. The first-order chi connectivity index (χ1) is 16.2. The van der Waals surface area contributed by atoms with Crippen LogP contribution in [0.3, 0.4) is 0 Å². The molecule has 33 heavy (non-hydrogen) atoms. The average Bonchev–Trinajstić information content (AvgIpc) is 3.12. The van der Waals surface area contributed by atoms with E-state index in [4.69, 9.17) is 4.74 Å². The Bertz CT molecular complexity index is 1080. The molecule has 0 radical (unpaired) electrons. The second kappa shape index (κ2) is 9.77. The molecule has 2 unspecified atom stereocenters. The highest BCUT2D eigenvalue weighted by Crippen LogP contribution is 2.29. The molecular weight excluding hydrogens is 412 g/mol. The molecule has 5 rings (SSSR count). The van der Waals surface area contributed by atoms with Crippen LogP contribution in [0.15, 0.2) is 54.6 Å². The number of amides is 1. The minimum atomic E-state index is -0.526. The second-order valence-corrected chi connectivity index (χ2v) is 9.21. The first-order valence-electron chi connectivity index (χ1n) is 12.2. The van der Waals surface area contributed by atoms with Gasteiger partial charge in [0.2, 0.25) is 0 Å². The van der Waals surface area contributed by atoms with E-state index in [0.717, 1.165) is 49.6 Å². The number of nitrogens with zero attached hydrogens (tertiary/aromatic N) is 4. The van der Waals surface area contributed by atoms with Gasteiger partial charge in [-0.05, 0) is 55.9 Å². The van der Waals surface area contributed by atoms with Gasteiger partial charge in [0, 0.05) is 32.0 Å². The van der Waals surface area contributed by atoms with E-state index in [9.17, 15) is 4.79 Å². The van der Waals surface area contributed by atoms with Gasteiger partial charge in [-0.25, -0.2) is 0 Å². The number of piperidine rings is 1. The number of carbonyl (C=O) groups is 1. The number of fused-ring (bicyclic) bond motifs is 1. The molecular formula is C27H32N4O2. The van der Waals surface area contributed by atoms with Crippen molar-refractivity contribution in [3.8, 4) is 16.9 Å². The zero-order valence-corrected chi connectivity index (χ0v) is 19.3. The number of likely N-dealkylation sites (tertiary alicyclic amines) is 1. The van der Waals surface area contributed by atoms with E-state index in [-0.39, 0.29) is 11.8 Å². The lowest BCUT2D eigenvalue weighted by Crippen LogP contribution is -2.45. The van der Waals surface area contributed by atoms with Crippen molar-refractivity contribution in [3.05, 3.63) is 66.2 Å². The summed E-state index contributed by atoms with van der Waals surface area (Å²) in [4.78, 5) is 15.2. The Labute approximate surface area is 195 Å². The summed E-state index contributed by atoms with van der Waals surface area (Å²) in [7, 11) is 0. The Morgan fingerprint density at radius 1 is 0.939 bits per heavy atom. The van der Waals surface area contributed by atoms with Gasteiger partial charge in [0.25, 0.3) is 5.91 Å². The predicted molar refractivity (Wildman–Crippen MR) is 128 cm³/mol. The molecule has 2 atom stereocenters. The van der Waals surface area contributed by atoms with Crippen molar-refractivity contribution in [1.82, 2.24) is 19.7 Å². The van der Waals surface area contributed by atoms with Crippen molar-refractivity contribution in [2.24, 2.45) is 0 Å². The fourth-order valence-electron chi connectivity index (χ4n) is 5.07. The zero-order chi connectivity index (χ0) is 22.6. The van der Waals surface area contributed by atoms with Crippen molar-refractivity contribution in [3.63, 3.8) is 0 Å². The summed E-state index contributed by atoms with van der Waals surface area (Å²) in [6.07, 6.45) is 6.14. The second-order valence-electron chi connectivity index (χ2n) is 9.21. The lowest BCUT2D eigenvalue weighted by molar-refractivity contribution is -0.139. The maximum absolute atomic E-state index is 13.2. The van der Waals surface area contributed by atoms with Crippen LogP contribution in [-0.2, 0) is 17.8 Å². The lowest BCUT2D eigenvalue weighted by atomic mass is 9.96. The summed E-state index contributed by atoms with van der Waals surface area (Å²) in [5.74, 6) is 3.18. The maximum Gasteiger partial charge on any atom is 0.263 e. The van der Waals surface area contributed by atoms with Crippen LogP contribution < -0.4 is 4.74 Å². The molecule has 6 heteroatoms. The third-order valence-corrected chi connectivity index (χ3v) is 6.86. The molecule has 0 spiro atoms. The van der Waals surface area contributed by atoms with Gasteiger partial charge in [-0.2, -0.15) is 0 Å². The van der Waals surface area contributed by atoms with Crippen LogP contribution in [0, 0.1) is 0 Å². The minimum absolute atomic E-state index is 0.0439. The predicted octanol–water partition coefficient (Wildman–Crippen LogP) is 4.85. The first-order valence-corrected chi connectivity index (χ1v) is 12.2. The van der Waals surface area contributed by atoms with E-state index in [2.05, 4.69) is 26.9 Å². The molecule has 0 bridgehead atoms. The van der Waals surface area contributed by atoms with E-state index >= 15 is 0 Å². The summed E-state index contributed by atoms with van der Waals surface area (Å²) in [6, 6.07) is 18.2. The quantitative estimate of drug-likeness (QED) is 0.565. The van der Waals surface area contributed by atoms with Gasteiger partial charge in [0.15, 0.2) is 6.10 Å². The number of hydrogen-bond donors (Lipinski definition) is 0. The number of aromatic nitrogens is 3. The number of aryl methyl sites for hydroxylation is 1. The third-order valence-electron chi connectivity index (χ3n) is 6.86. The van der Waals surface area contributed by atoms with Gasteiger partial charge >= 0.3 is 0 Å². The molecule has 2 aliphatic heterocycles. The van der Waals surface area contributed by atoms with E-state index in [1.807, 2.05) is 54.3 Å².